The second kappa shape index (κ2) is 7.46. The number of aromatic amines is 1. The number of carbonyl (C=O) groups is 1. The fraction of sp³-hybridized carbons (Fsp3) is 0.789. The van der Waals surface area contributed by atoms with Gasteiger partial charge in [0.2, 0.25) is 5.91 Å². The minimum Gasteiger partial charge on any atom is -0.378 e. The average Bonchev–Trinajstić information content (AvgIpc) is 3.04. The average molecular weight is 346 g/mol. The van der Waals surface area contributed by atoms with E-state index >= 15 is 0 Å². The van der Waals surface area contributed by atoms with Crippen LogP contribution in [0, 0.1) is 12.8 Å². The Bertz CT molecular complexity index is 590. The summed E-state index contributed by atoms with van der Waals surface area (Å²) < 4.78 is 5.65. The summed E-state index contributed by atoms with van der Waals surface area (Å²) in [4.78, 5) is 17.6. The number of aryl methyl sites for hydroxylation is 1. The topological polar surface area (TPSA) is 61.5 Å². The van der Waals surface area contributed by atoms with Crippen molar-refractivity contribution in [3.05, 3.63) is 17.5 Å². The molecule has 0 aromatic carbocycles. The first kappa shape index (κ1) is 17.0. The van der Waals surface area contributed by atoms with Crippen LogP contribution in [-0.2, 0) is 9.53 Å². The van der Waals surface area contributed by atoms with E-state index in [1.807, 2.05) is 6.20 Å². The van der Waals surface area contributed by atoms with Crippen LogP contribution in [0.25, 0.3) is 0 Å². The molecule has 1 saturated carbocycles. The Kier molecular flexibility index (Phi) is 5.08. The lowest BCUT2D eigenvalue weighted by molar-refractivity contribution is -0.145. The Balaban J connectivity index is 1.34. The number of nitrogens with one attached hydrogen (secondary N) is 1. The Morgan fingerprint density at radius 1 is 1.28 bits per heavy atom. The third-order valence-corrected chi connectivity index (χ3v) is 6.36. The van der Waals surface area contributed by atoms with Gasteiger partial charge < -0.3 is 9.64 Å². The van der Waals surface area contributed by atoms with Crippen molar-refractivity contribution in [1.29, 1.82) is 0 Å². The van der Waals surface area contributed by atoms with Gasteiger partial charge in [0.1, 0.15) is 6.04 Å². The van der Waals surface area contributed by atoms with Crippen molar-refractivity contribution >= 4 is 5.91 Å². The van der Waals surface area contributed by atoms with Crippen molar-refractivity contribution < 1.29 is 9.53 Å². The van der Waals surface area contributed by atoms with E-state index in [9.17, 15) is 4.79 Å². The lowest BCUT2D eigenvalue weighted by Gasteiger charge is -2.42. The van der Waals surface area contributed by atoms with Crippen LogP contribution in [0.15, 0.2) is 6.20 Å². The van der Waals surface area contributed by atoms with Gasteiger partial charge >= 0.3 is 0 Å². The van der Waals surface area contributed by atoms with E-state index < -0.39 is 0 Å². The largest absolute Gasteiger partial charge is 0.378 e. The molecule has 3 fully saturated rings. The highest BCUT2D eigenvalue weighted by molar-refractivity contribution is 5.82. The molecule has 1 aromatic heterocycles. The SMILES string of the molecule is Cc1[nH]ncc1C1CCN(C(=O)C2COCCN2CC2CCC2)CC1. The zero-order valence-electron chi connectivity index (χ0n) is 15.2. The van der Waals surface area contributed by atoms with Gasteiger partial charge in [-0.15, -0.1) is 0 Å². The highest BCUT2D eigenvalue weighted by atomic mass is 16.5. The molecule has 25 heavy (non-hydrogen) atoms. The summed E-state index contributed by atoms with van der Waals surface area (Å²) in [5, 5.41) is 7.18. The van der Waals surface area contributed by atoms with Crippen LogP contribution in [0.3, 0.4) is 0 Å². The quantitative estimate of drug-likeness (QED) is 0.905. The van der Waals surface area contributed by atoms with Crippen molar-refractivity contribution in [3.63, 3.8) is 0 Å². The number of likely N-dealkylation sites (tertiary alicyclic amines) is 1. The maximum atomic E-state index is 13.1. The van der Waals surface area contributed by atoms with Crippen LogP contribution >= 0.6 is 0 Å². The highest BCUT2D eigenvalue weighted by Crippen LogP contribution is 2.31. The maximum absolute atomic E-state index is 13.1. The van der Waals surface area contributed by atoms with Crippen molar-refractivity contribution in [2.75, 3.05) is 39.4 Å². The summed E-state index contributed by atoms with van der Waals surface area (Å²) in [5.74, 6) is 1.60. The molecular weight excluding hydrogens is 316 g/mol. The number of carbonyl (C=O) groups excluding carboxylic acids is 1. The first-order valence-corrected chi connectivity index (χ1v) is 9.83. The molecule has 0 radical (unpaired) electrons. The zero-order chi connectivity index (χ0) is 17.2. The van der Waals surface area contributed by atoms with E-state index in [0.717, 1.165) is 57.2 Å². The van der Waals surface area contributed by atoms with Crippen molar-refractivity contribution in [2.45, 2.75) is 51.0 Å². The first-order valence-electron chi connectivity index (χ1n) is 9.83. The fourth-order valence-electron chi connectivity index (χ4n) is 4.48. The lowest BCUT2D eigenvalue weighted by Crippen LogP contribution is -2.57. The molecule has 6 nitrogen and oxygen atoms in total. The van der Waals surface area contributed by atoms with Gasteiger partial charge in [0, 0.05) is 31.9 Å². The normalized spacial score (nSPS) is 26.6. The first-order chi connectivity index (χ1) is 12.2. The molecule has 0 bridgehead atoms. The standard InChI is InChI=1S/C19H30N4O2/c1-14-17(11-20-21-14)16-5-7-22(8-6-16)19(24)18-13-25-10-9-23(18)12-15-3-2-4-15/h11,15-16,18H,2-10,12-13H2,1H3,(H,20,21). The van der Waals surface area contributed by atoms with Gasteiger partial charge in [-0.1, -0.05) is 6.42 Å². The van der Waals surface area contributed by atoms with E-state index in [4.69, 9.17) is 4.74 Å². The molecule has 1 atom stereocenters. The molecule has 2 saturated heterocycles. The maximum Gasteiger partial charge on any atom is 0.242 e. The number of ether oxygens (including phenoxy) is 1. The van der Waals surface area contributed by atoms with Crippen LogP contribution in [0.5, 0.6) is 0 Å². The number of H-pyrrole nitrogens is 1. The lowest BCUT2D eigenvalue weighted by atomic mass is 9.84. The number of hydrogen-bond donors (Lipinski definition) is 1. The van der Waals surface area contributed by atoms with Gasteiger partial charge in [0.25, 0.3) is 0 Å². The van der Waals surface area contributed by atoms with Crippen molar-refractivity contribution in [1.82, 2.24) is 20.0 Å². The summed E-state index contributed by atoms with van der Waals surface area (Å²) in [7, 11) is 0. The van der Waals surface area contributed by atoms with Gasteiger partial charge in [-0.3, -0.25) is 14.8 Å². The Labute approximate surface area is 149 Å². The third kappa shape index (κ3) is 3.60. The summed E-state index contributed by atoms with van der Waals surface area (Å²) in [5.41, 5.74) is 2.48. The Hall–Kier alpha value is -1.40. The summed E-state index contributed by atoms with van der Waals surface area (Å²) >= 11 is 0. The Morgan fingerprint density at radius 3 is 2.72 bits per heavy atom. The Morgan fingerprint density at radius 2 is 2.08 bits per heavy atom. The fourth-order valence-corrected chi connectivity index (χ4v) is 4.48. The molecule has 3 aliphatic rings. The minimum atomic E-state index is -0.0680. The number of aromatic nitrogens is 2. The minimum absolute atomic E-state index is 0.0680. The van der Waals surface area contributed by atoms with Crippen LogP contribution in [0.4, 0.5) is 0 Å². The molecule has 1 aromatic rings. The van der Waals surface area contributed by atoms with Crippen LogP contribution in [0.1, 0.15) is 49.3 Å². The highest BCUT2D eigenvalue weighted by Gasteiger charge is 2.36. The third-order valence-electron chi connectivity index (χ3n) is 6.36. The number of piperidine rings is 1. The summed E-state index contributed by atoms with van der Waals surface area (Å²) in [6.45, 7) is 7.08. The van der Waals surface area contributed by atoms with Crippen LogP contribution in [-0.4, -0.2) is 71.3 Å². The molecule has 0 spiro atoms. The smallest absolute Gasteiger partial charge is 0.242 e. The second-order valence-corrected chi connectivity index (χ2v) is 7.93. The van der Waals surface area contributed by atoms with Crippen molar-refractivity contribution in [3.8, 4) is 0 Å². The molecule has 4 rings (SSSR count). The van der Waals surface area contributed by atoms with E-state index in [0.29, 0.717) is 12.5 Å². The van der Waals surface area contributed by atoms with Gasteiger partial charge in [-0.25, -0.2) is 0 Å². The number of amides is 1. The van der Waals surface area contributed by atoms with E-state index in [1.54, 1.807) is 0 Å². The van der Waals surface area contributed by atoms with Crippen molar-refractivity contribution in [2.24, 2.45) is 5.92 Å². The number of morpholine rings is 1. The van der Waals surface area contributed by atoms with Gasteiger partial charge in [-0.05, 0) is 50.0 Å². The van der Waals surface area contributed by atoms with E-state index in [2.05, 4.69) is 26.9 Å². The molecule has 3 heterocycles. The van der Waals surface area contributed by atoms with Gasteiger partial charge in [-0.2, -0.15) is 5.10 Å². The molecule has 2 aliphatic heterocycles. The molecule has 138 valence electrons. The van der Waals surface area contributed by atoms with E-state index in [1.165, 1.54) is 24.8 Å². The molecule has 6 heteroatoms. The van der Waals surface area contributed by atoms with Crippen LogP contribution < -0.4 is 0 Å². The monoisotopic (exact) mass is 346 g/mol. The summed E-state index contributed by atoms with van der Waals surface area (Å²) in [6.07, 6.45) is 8.02. The number of nitrogens with zero attached hydrogens (tertiary/aromatic N) is 3. The summed E-state index contributed by atoms with van der Waals surface area (Å²) in [6, 6.07) is -0.0680. The van der Waals surface area contributed by atoms with E-state index in [-0.39, 0.29) is 11.9 Å². The zero-order valence-corrected chi connectivity index (χ0v) is 15.2. The molecule has 1 amide bonds. The molecule has 1 aliphatic carbocycles. The molecule has 1 unspecified atom stereocenters. The van der Waals surface area contributed by atoms with Gasteiger partial charge in [0.05, 0.1) is 19.4 Å². The van der Waals surface area contributed by atoms with Crippen LogP contribution in [0.2, 0.25) is 0 Å². The number of rotatable bonds is 4. The van der Waals surface area contributed by atoms with Gasteiger partial charge in [0.15, 0.2) is 0 Å². The number of hydrogen-bond acceptors (Lipinski definition) is 4. The molecule has 1 N–H and O–H groups in total. The second-order valence-electron chi connectivity index (χ2n) is 7.93. The predicted octanol–water partition coefficient (Wildman–Crippen LogP) is 1.93. The predicted molar refractivity (Wildman–Crippen MR) is 95.4 cm³/mol. The molecular formula is C19H30N4O2.